The van der Waals surface area contributed by atoms with Gasteiger partial charge in [0.05, 0.1) is 12.3 Å². The first-order valence-electron chi connectivity index (χ1n) is 4.00. The standard InChI is InChI=1S/C8H14NO4.Na/c1-3-9-5(2)6(8(12)13)4-7(10)11;/h5-6,9H,2-4H2,1H3,(H,10,11)(H,12,13);/q-1;+1. The third kappa shape index (κ3) is 6.37. The number of aliphatic carboxylic acids is 2. The Balaban J connectivity index is 0. The average Bonchev–Trinajstić information content (AvgIpc) is 1.99. The Bertz CT molecular complexity index is 198. The van der Waals surface area contributed by atoms with Crippen molar-refractivity contribution in [1.82, 2.24) is 5.32 Å². The van der Waals surface area contributed by atoms with Gasteiger partial charge >= 0.3 is 41.5 Å². The number of nitrogens with one attached hydrogen (secondary N) is 1. The van der Waals surface area contributed by atoms with Gasteiger partial charge in [0, 0.05) is 0 Å². The number of hydrogen-bond donors (Lipinski definition) is 3. The van der Waals surface area contributed by atoms with E-state index in [1.807, 2.05) is 0 Å². The molecule has 2 atom stereocenters. The fourth-order valence-electron chi connectivity index (χ4n) is 0.994. The van der Waals surface area contributed by atoms with Crippen LogP contribution in [0.1, 0.15) is 13.3 Å². The summed E-state index contributed by atoms with van der Waals surface area (Å²) in [6.45, 7) is 5.92. The molecule has 0 aliphatic heterocycles. The fourth-order valence-corrected chi connectivity index (χ4v) is 0.994. The van der Waals surface area contributed by atoms with Crippen LogP contribution in [0.2, 0.25) is 0 Å². The average molecular weight is 211 g/mol. The first-order valence-corrected chi connectivity index (χ1v) is 4.00. The summed E-state index contributed by atoms with van der Waals surface area (Å²) < 4.78 is 0. The molecule has 14 heavy (non-hydrogen) atoms. The summed E-state index contributed by atoms with van der Waals surface area (Å²) in [6.07, 6.45) is -0.406. The van der Waals surface area contributed by atoms with Crippen LogP contribution in [0, 0.1) is 12.8 Å². The maximum atomic E-state index is 10.6. The van der Waals surface area contributed by atoms with Crippen molar-refractivity contribution in [2.45, 2.75) is 19.4 Å². The van der Waals surface area contributed by atoms with E-state index < -0.39 is 30.3 Å². The zero-order chi connectivity index (χ0) is 10.4. The molecule has 5 nitrogen and oxygen atoms in total. The van der Waals surface area contributed by atoms with Crippen LogP contribution in [0.4, 0.5) is 0 Å². The molecule has 0 aromatic rings. The van der Waals surface area contributed by atoms with Crippen LogP contribution in [0.25, 0.3) is 0 Å². The van der Waals surface area contributed by atoms with Crippen molar-refractivity contribution in [3.63, 3.8) is 0 Å². The summed E-state index contributed by atoms with van der Waals surface area (Å²) in [5.74, 6) is -3.24. The molecule has 0 saturated heterocycles. The number of carbonyl (C=O) groups is 2. The van der Waals surface area contributed by atoms with Gasteiger partial charge in [-0.05, 0) is 6.54 Å². The van der Waals surface area contributed by atoms with E-state index in [2.05, 4.69) is 12.2 Å². The number of carboxylic acids is 2. The summed E-state index contributed by atoms with van der Waals surface area (Å²) in [5, 5.41) is 19.9. The molecular formula is C8H14NNaO4. The molecule has 6 heteroatoms. The molecule has 0 rings (SSSR count). The van der Waals surface area contributed by atoms with Gasteiger partial charge in [0.25, 0.3) is 0 Å². The van der Waals surface area contributed by atoms with Gasteiger partial charge in [-0.2, -0.15) is 0 Å². The summed E-state index contributed by atoms with van der Waals surface area (Å²) in [4.78, 5) is 20.9. The normalized spacial score (nSPS) is 13.9. The minimum atomic E-state index is -1.14. The van der Waals surface area contributed by atoms with Gasteiger partial charge in [0.15, 0.2) is 0 Å². The minimum absolute atomic E-state index is 0. The number of hydrogen-bond acceptors (Lipinski definition) is 3. The summed E-state index contributed by atoms with van der Waals surface area (Å²) in [5.41, 5.74) is 0. The third-order valence-corrected chi connectivity index (χ3v) is 1.66. The van der Waals surface area contributed by atoms with Crippen molar-refractivity contribution in [3.8, 4) is 0 Å². The Morgan fingerprint density at radius 1 is 1.43 bits per heavy atom. The number of carboxylic acid groups (broad SMARTS) is 2. The summed E-state index contributed by atoms with van der Waals surface area (Å²) >= 11 is 0. The molecule has 0 aliphatic rings. The number of rotatable bonds is 6. The fraction of sp³-hybridized carbons (Fsp3) is 0.625. The van der Waals surface area contributed by atoms with Crippen molar-refractivity contribution in [2.75, 3.05) is 6.54 Å². The van der Waals surface area contributed by atoms with Crippen molar-refractivity contribution in [2.24, 2.45) is 5.92 Å². The Morgan fingerprint density at radius 2 is 1.93 bits per heavy atom. The molecule has 0 spiro atoms. The SMILES string of the molecule is [CH2-]C(NCC)C(CC(=O)O)C(=O)O.[Na+]. The van der Waals surface area contributed by atoms with Gasteiger partial charge in [0.2, 0.25) is 0 Å². The molecule has 0 aliphatic carbocycles. The summed E-state index contributed by atoms with van der Waals surface area (Å²) in [7, 11) is 0. The Kier molecular flexibility index (Phi) is 9.60. The van der Waals surface area contributed by atoms with Crippen LogP contribution < -0.4 is 34.9 Å². The van der Waals surface area contributed by atoms with Crippen molar-refractivity contribution in [1.29, 1.82) is 0 Å². The van der Waals surface area contributed by atoms with Gasteiger partial charge in [-0.1, -0.05) is 6.92 Å². The molecule has 0 fully saturated rings. The van der Waals surface area contributed by atoms with E-state index in [-0.39, 0.29) is 29.6 Å². The van der Waals surface area contributed by atoms with Crippen LogP contribution in [0.3, 0.4) is 0 Å². The van der Waals surface area contributed by atoms with Crippen molar-refractivity contribution >= 4 is 11.9 Å². The maximum absolute atomic E-state index is 10.6. The molecule has 2 unspecified atom stereocenters. The predicted molar refractivity (Wildman–Crippen MR) is 46.2 cm³/mol. The largest absolute Gasteiger partial charge is 1.00 e. The maximum Gasteiger partial charge on any atom is 1.00 e. The second-order valence-electron chi connectivity index (χ2n) is 2.71. The molecule has 3 N–H and O–H groups in total. The van der Waals surface area contributed by atoms with E-state index >= 15 is 0 Å². The van der Waals surface area contributed by atoms with Gasteiger partial charge in [-0.3, -0.25) is 9.59 Å². The van der Waals surface area contributed by atoms with Gasteiger partial charge < -0.3 is 22.5 Å². The Morgan fingerprint density at radius 3 is 2.21 bits per heavy atom. The van der Waals surface area contributed by atoms with Crippen LogP contribution in [0.5, 0.6) is 0 Å². The second-order valence-corrected chi connectivity index (χ2v) is 2.71. The molecular weight excluding hydrogens is 197 g/mol. The van der Waals surface area contributed by atoms with E-state index in [1.165, 1.54) is 0 Å². The van der Waals surface area contributed by atoms with E-state index in [0.717, 1.165) is 0 Å². The quantitative estimate of drug-likeness (QED) is 0.321. The third-order valence-electron chi connectivity index (χ3n) is 1.66. The van der Waals surface area contributed by atoms with Crippen LogP contribution >= 0.6 is 0 Å². The van der Waals surface area contributed by atoms with E-state index in [9.17, 15) is 9.59 Å². The van der Waals surface area contributed by atoms with E-state index in [4.69, 9.17) is 10.2 Å². The molecule has 0 amide bonds. The van der Waals surface area contributed by atoms with Crippen LogP contribution in [-0.4, -0.2) is 34.7 Å². The Hall–Kier alpha value is -0.100. The van der Waals surface area contributed by atoms with E-state index in [1.54, 1.807) is 6.92 Å². The van der Waals surface area contributed by atoms with Gasteiger partial charge in [0.1, 0.15) is 0 Å². The molecule has 0 heterocycles. The van der Waals surface area contributed by atoms with Crippen LogP contribution in [-0.2, 0) is 9.59 Å². The molecule has 0 bridgehead atoms. The Labute approximate surface area is 105 Å². The van der Waals surface area contributed by atoms with Gasteiger partial charge in [-0.25, -0.2) is 0 Å². The smallest absolute Gasteiger partial charge is 0.481 e. The van der Waals surface area contributed by atoms with Gasteiger partial charge in [-0.15, -0.1) is 6.04 Å². The predicted octanol–water partition coefficient (Wildman–Crippen LogP) is -3.02. The monoisotopic (exact) mass is 211 g/mol. The summed E-state index contributed by atoms with van der Waals surface area (Å²) in [6, 6.07) is -0.571. The van der Waals surface area contributed by atoms with E-state index in [0.29, 0.717) is 6.54 Å². The molecule has 0 aromatic carbocycles. The zero-order valence-electron chi connectivity index (χ0n) is 8.49. The first-order chi connectivity index (χ1) is 5.99. The van der Waals surface area contributed by atoms with Crippen LogP contribution in [0.15, 0.2) is 0 Å². The second kappa shape index (κ2) is 8.23. The van der Waals surface area contributed by atoms with Crippen molar-refractivity contribution in [3.05, 3.63) is 6.92 Å². The molecule has 76 valence electrons. The molecule has 0 aromatic heterocycles. The van der Waals surface area contributed by atoms with Crippen molar-refractivity contribution < 1.29 is 49.4 Å². The molecule has 0 radical (unpaired) electrons. The zero-order valence-corrected chi connectivity index (χ0v) is 10.5. The topological polar surface area (TPSA) is 86.6 Å². The molecule has 0 saturated carbocycles. The first kappa shape index (κ1) is 16.3. The minimum Gasteiger partial charge on any atom is -0.481 e.